The molecule has 0 aromatic carbocycles. The van der Waals surface area contributed by atoms with E-state index in [0.717, 1.165) is 0 Å². The first-order valence-electron chi connectivity index (χ1n) is 7.16. The molecule has 1 N–H and O–H groups in total. The molecule has 0 saturated heterocycles. The second-order valence-electron chi connectivity index (χ2n) is 5.98. The molecular formula is C14H25N5O2. The van der Waals surface area contributed by atoms with Crippen LogP contribution in [0.5, 0.6) is 0 Å². The number of aromatic nitrogens is 3. The zero-order valence-electron chi connectivity index (χ0n) is 13.7. The number of H-pyrrole nitrogens is 1. The third-order valence-electron chi connectivity index (χ3n) is 3.22. The van der Waals surface area contributed by atoms with Crippen molar-refractivity contribution in [1.82, 2.24) is 25.0 Å². The molecule has 7 heteroatoms. The summed E-state index contributed by atoms with van der Waals surface area (Å²) >= 11 is 0. The SMILES string of the molecule is CCN(CC)C(=O)CN(C)C(=O)c1n[nH]c(C(C)(C)C)n1. The lowest BCUT2D eigenvalue weighted by atomic mass is 9.96. The van der Waals surface area contributed by atoms with E-state index in [-0.39, 0.29) is 29.6 Å². The van der Waals surface area contributed by atoms with Crippen molar-refractivity contribution in [3.8, 4) is 0 Å². The molecule has 0 aliphatic rings. The minimum atomic E-state index is -0.359. The Bertz CT molecular complexity index is 500. The number of hydrogen-bond acceptors (Lipinski definition) is 4. The zero-order chi connectivity index (χ0) is 16.2. The van der Waals surface area contributed by atoms with Gasteiger partial charge in [0.15, 0.2) is 0 Å². The molecule has 0 bridgehead atoms. The van der Waals surface area contributed by atoms with Gasteiger partial charge in [-0.3, -0.25) is 14.7 Å². The van der Waals surface area contributed by atoms with Crippen LogP contribution in [-0.4, -0.2) is 63.5 Å². The lowest BCUT2D eigenvalue weighted by molar-refractivity contribution is -0.131. The molecule has 21 heavy (non-hydrogen) atoms. The van der Waals surface area contributed by atoms with Crippen molar-refractivity contribution in [3.05, 3.63) is 11.6 Å². The molecule has 1 aromatic heterocycles. The first-order chi connectivity index (χ1) is 9.70. The molecule has 0 radical (unpaired) electrons. The fourth-order valence-corrected chi connectivity index (χ4v) is 1.81. The Morgan fingerprint density at radius 2 is 1.76 bits per heavy atom. The van der Waals surface area contributed by atoms with Crippen LogP contribution in [0.1, 0.15) is 51.1 Å². The summed E-state index contributed by atoms with van der Waals surface area (Å²) in [5, 5.41) is 6.72. The average molecular weight is 295 g/mol. The number of hydrogen-bond donors (Lipinski definition) is 1. The highest BCUT2D eigenvalue weighted by atomic mass is 16.2. The van der Waals surface area contributed by atoms with Crippen LogP contribution in [0.25, 0.3) is 0 Å². The first kappa shape index (κ1) is 17.1. The first-order valence-corrected chi connectivity index (χ1v) is 7.16. The number of likely N-dealkylation sites (N-methyl/N-ethyl adjacent to an activating group) is 2. The van der Waals surface area contributed by atoms with Gasteiger partial charge in [-0.1, -0.05) is 20.8 Å². The summed E-state index contributed by atoms with van der Waals surface area (Å²) in [5.74, 6) is 0.300. The van der Waals surface area contributed by atoms with Crippen molar-refractivity contribution in [2.24, 2.45) is 0 Å². The molecule has 1 aromatic rings. The third kappa shape index (κ3) is 4.27. The van der Waals surface area contributed by atoms with Crippen molar-refractivity contribution in [1.29, 1.82) is 0 Å². The standard InChI is InChI=1S/C14H25N5O2/c1-7-19(8-2)10(20)9-18(6)12(21)11-15-13(17-16-11)14(3,4)5/h7-9H2,1-6H3,(H,15,16,17). The molecule has 0 saturated carbocycles. The van der Waals surface area contributed by atoms with Crippen LogP contribution in [0, 0.1) is 0 Å². The van der Waals surface area contributed by atoms with Gasteiger partial charge >= 0.3 is 0 Å². The summed E-state index contributed by atoms with van der Waals surface area (Å²) in [6, 6.07) is 0. The highest BCUT2D eigenvalue weighted by molar-refractivity contribution is 5.93. The number of nitrogens with one attached hydrogen (secondary N) is 1. The van der Waals surface area contributed by atoms with Crippen LogP contribution < -0.4 is 0 Å². The van der Waals surface area contributed by atoms with Crippen molar-refractivity contribution in [2.45, 2.75) is 40.0 Å². The maximum absolute atomic E-state index is 12.2. The quantitative estimate of drug-likeness (QED) is 0.880. The summed E-state index contributed by atoms with van der Waals surface area (Å²) < 4.78 is 0. The van der Waals surface area contributed by atoms with Crippen molar-refractivity contribution in [2.75, 3.05) is 26.7 Å². The van der Waals surface area contributed by atoms with Crippen LogP contribution >= 0.6 is 0 Å². The third-order valence-corrected chi connectivity index (χ3v) is 3.22. The largest absolute Gasteiger partial charge is 0.342 e. The Morgan fingerprint density at radius 1 is 1.19 bits per heavy atom. The van der Waals surface area contributed by atoms with Gasteiger partial charge in [0.25, 0.3) is 5.91 Å². The lowest BCUT2D eigenvalue weighted by Gasteiger charge is -2.22. The minimum absolute atomic E-state index is 0.0277. The number of amides is 2. The van der Waals surface area contributed by atoms with E-state index in [1.807, 2.05) is 34.6 Å². The second kappa shape index (κ2) is 6.69. The Morgan fingerprint density at radius 3 is 2.19 bits per heavy atom. The summed E-state index contributed by atoms with van der Waals surface area (Å²) in [7, 11) is 1.58. The maximum atomic E-state index is 12.2. The van der Waals surface area contributed by atoms with Gasteiger partial charge in [0.05, 0.1) is 6.54 Å². The van der Waals surface area contributed by atoms with E-state index in [1.54, 1.807) is 11.9 Å². The van der Waals surface area contributed by atoms with Gasteiger partial charge in [-0.15, -0.1) is 5.10 Å². The summed E-state index contributed by atoms with van der Waals surface area (Å²) in [6.07, 6.45) is 0. The van der Waals surface area contributed by atoms with E-state index >= 15 is 0 Å². The van der Waals surface area contributed by atoms with Gasteiger partial charge in [-0.05, 0) is 13.8 Å². The Labute approximate surface area is 125 Å². The van der Waals surface area contributed by atoms with Crippen LogP contribution in [0.3, 0.4) is 0 Å². The van der Waals surface area contributed by atoms with Crippen molar-refractivity contribution >= 4 is 11.8 Å². The van der Waals surface area contributed by atoms with Crippen LogP contribution in [0.2, 0.25) is 0 Å². The Kier molecular flexibility index (Phi) is 5.46. The molecule has 0 atom stereocenters. The molecule has 0 aliphatic heterocycles. The molecule has 2 amide bonds. The molecule has 0 aliphatic carbocycles. The van der Waals surface area contributed by atoms with E-state index in [2.05, 4.69) is 15.2 Å². The van der Waals surface area contributed by atoms with Gasteiger partial charge in [-0.25, -0.2) is 4.98 Å². The number of carbonyl (C=O) groups is 2. The summed E-state index contributed by atoms with van der Waals surface area (Å²) in [4.78, 5) is 31.5. The van der Waals surface area contributed by atoms with E-state index in [0.29, 0.717) is 18.9 Å². The topological polar surface area (TPSA) is 82.2 Å². The van der Waals surface area contributed by atoms with E-state index in [4.69, 9.17) is 0 Å². The van der Waals surface area contributed by atoms with Gasteiger partial charge in [-0.2, -0.15) is 0 Å². The minimum Gasteiger partial charge on any atom is -0.342 e. The van der Waals surface area contributed by atoms with E-state index in [1.165, 1.54) is 4.90 Å². The Hall–Kier alpha value is -1.92. The monoisotopic (exact) mass is 295 g/mol. The van der Waals surface area contributed by atoms with Crippen LogP contribution in [0.4, 0.5) is 0 Å². The van der Waals surface area contributed by atoms with Crippen LogP contribution in [-0.2, 0) is 10.2 Å². The normalized spacial score (nSPS) is 11.3. The van der Waals surface area contributed by atoms with Gasteiger partial charge < -0.3 is 9.80 Å². The number of carbonyl (C=O) groups excluding carboxylic acids is 2. The highest BCUT2D eigenvalue weighted by Gasteiger charge is 2.24. The van der Waals surface area contributed by atoms with Gasteiger partial charge in [0.1, 0.15) is 5.82 Å². The highest BCUT2D eigenvalue weighted by Crippen LogP contribution is 2.17. The predicted molar refractivity (Wildman–Crippen MR) is 80.0 cm³/mol. The van der Waals surface area contributed by atoms with E-state index in [9.17, 15) is 9.59 Å². The number of rotatable bonds is 5. The molecule has 118 valence electrons. The Balaban J connectivity index is 2.75. The zero-order valence-corrected chi connectivity index (χ0v) is 13.7. The molecule has 0 spiro atoms. The van der Waals surface area contributed by atoms with Crippen molar-refractivity contribution in [3.63, 3.8) is 0 Å². The molecular weight excluding hydrogens is 270 g/mol. The summed E-state index contributed by atoms with van der Waals surface area (Å²) in [6.45, 7) is 11.1. The van der Waals surface area contributed by atoms with Crippen molar-refractivity contribution < 1.29 is 9.59 Å². The van der Waals surface area contributed by atoms with Crippen LogP contribution in [0.15, 0.2) is 0 Å². The fraction of sp³-hybridized carbons (Fsp3) is 0.714. The molecule has 0 unspecified atom stereocenters. The molecule has 1 rings (SSSR count). The summed E-state index contributed by atoms with van der Waals surface area (Å²) in [5.41, 5.74) is -0.207. The number of nitrogens with zero attached hydrogens (tertiary/aromatic N) is 4. The van der Waals surface area contributed by atoms with Gasteiger partial charge in [0.2, 0.25) is 11.7 Å². The smallest absolute Gasteiger partial charge is 0.293 e. The molecule has 0 fully saturated rings. The lowest BCUT2D eigenvalue weighted by Crippen LogP contribution is -2.41. The second-order valence-corrected chi connectivity index (χ2v) is 5.98. The predicted octanol–water partition coefficient (Wildman–Crippen LogP) is 1.04. The maximum Gasteiger partial charge on any atom is 0.293 e. The average Bonchev–Trinajstić information content (AvgIpc) is 2.88. The fourth-order valence-electron chi connectivity index (χ4n) is 1.81. The molecule has 7 nitrogen and oxygen atoms in total. The van der Waals surface area contributed by atoms with E-state index < -0.39 is 0 Å². The molecule has 1 heterocycles. The van der Waals surface area contributed by atoms with Gasteiger partial charge in [0, 0.05) is 25.6 Å². The number of aromatic amines is 1.